The van der Waals surface area contributed by atoms with E-state index in [2.05, 4.69) is 4.99 Å². The van der Waals surface area contributed by atoms with E-state index in [1.165, 1.54) is 6.08 Å². The fraction of sp³-hybridized carbons (Fsp3) is 0.333. The van der Waals surface area contributed by atoms with E-state index in [1.54, 1.807) is 6.92 Å². The lowest BCUT2D eigenvalue weighted by molar-refractivity contribution is -0.143. The molecular weight excluding hydrogens is 206 g/mol. The van der Waals surface area contributed by atoms with Gasteiger partial charge in [0.2, 0.25) is 6.08 Å². The van der Waals surface area contributed by atoms with Crippen LogP contribution < -0.4 is 0 Å². The number of hydrogen-bond acceptors (Lipinski definition) is 4. The first-order valence-electron chi connectivity index (χ1n) is 5.05. The van der Waals surface area contributed by atoms with E-state index in [0.717, 1.165) is 5.56 Å². The van der Waals surface area contributed by atoms with Crippen LogP contribution in [0.25, 0.3) is 0 Å². The molecule has 0 aromatic heterocycles. The van der Waals surface area contributed by atoms with Crippen LogP contribution in [0.4, 0.5) is 0 Å². The highest BCUT2D eigenvalue weighted by molar-refractivity contribution is 5.70. The van der Waals surface area contributed by atoms with Crippen molar-refractivity contribution in [2.24, 2.45) is 4.99 Å². The van der Waals surface area contributed by atoms with Crippen LogP contribution in [0.2, 0.25) is 0 Å². The van der Waals surface area contributed by atoms with Crippen LogP contribution in [0.5, 0.6) is 0 Å². The number of hydrogen-bond donors (Lipinski definition) is 0. The lowest BCUT2D eigenvalue weighted by Crippen LogP contribution is -2.09. The Morgan fingerprint density at radius 3 is 2.69 bits per heavy atom. The predicted octanol–water partition coefficient (Wildman–Crippen LogP) is 2.02. The zero-order chi connectivity index (χ0) is 11.8. The molecular formula is C12H13NO3. The van der Waals surface area contributed by atoms with E-state index in [0.29, 0.717) is 6.61 Å². The second-order valence-corrected chi connectivity index (χ2v) is 3.16. The van der Waals surface area contributed by atoms with Crippen molar-refractivity contribution < 1.29 is 14.3 Å². The summed E-state index contributed by atoms with van der Waals surface area (Å²) < 4.78 is 4.81. The van der Waals surface area contributed by atoms with Gasteiger partial charge in [0.05, 0.1) is 19.1 Å². The molecule has 1 aromatic rings. The summed E-state index contributed by atoms with van der Waals surface area (Å²) in [5.74, 6) is -0.365. The summed E-state index contributed by atoms with van der Waals surface area (Å²) in [6, 6.07) is 8.63. The van der Waals surface area contributed by atoms with E-state index in [-0.39, 0.29) is 12.4 Å². The normalized spacial score (nSPS) is 11.3. The topological polar surface area (TPSA) is 55.7 Å². The zero-order valence-corrected chi connectivity index (χ0v) is 9.05. The van der Waals surface area contributed by atoms with Gasteiger partial charge in [0.1, 0.15) is 0 Å². The standard InChI is InChI=1S/C12H13NO3/c1-2-16-12(15)8-11(13-9-14)10-6-4-3-5-7-10/h3-7,11H,2,8H2,1H3. The van der Waals surface area contributed by atoms with Crippen LogP contribution in [-0.2, 0) is 14.3 Å². The van der Waals surface area contributed by atoms with Gasteiger partial charge >= 0.3 is 5.97 Å². The number of isocyanates is 1. The first kappa shape index (κ1) is 12.1. The Balaban J connectivity index is 2.76. The lowest BCUT2D eigenvalue weighted by Gasteiger charge is -2.09. The molecule has 0 amide bonds. The molecule has 0 N–H and O–H groups in total. The summed E-state index contributed by atoms with van der Waals surface area (Å²) in [6.07, 6.45) is 1.54. The second kappa shape index (κ2) is 6.53. The highest BCUT2D eigenvalue weighted by Crippen LogP contribution is 2.20. The van der Waals surface area contributed by atoms with Crippen molar-refractivity contribution in [3.63, 3.8) is 0 Å². The third-order valence-corrected chi connectivity index (χ3v) is 2.06. The predicted molar refractivity (Wildman–Crippen MR) is 58.6 cm³/mol. The molecule has 0 aliphatic rings. The van der Waals surface area contributed by atoms with Gasteiger partial charge < -0.3 is 4.74 Å². The SMILES string of the molecule is CCOC(=O)CC(N=C=O)c1ccccc1. The Labute approximate surface area is 94.0 Å². The van der Waals surface area contributed by atoms with Crippen LogP contribution in [0.15, 0.2) is 35.3 Å². The first-order valence-corrected chi connectivity index (χ1v) is 5.05. The van der Waals surface area contributed by atoms with Crippen LogP contribution >= 0.6 is 0 Å². The number of nitrogens with zero attached hydrogens (tertiary/aromatic N) is 1. The van der Waals surface area contributed by atoms with Crippen molar-refractivity contribution in [2.75, 3.05) is 6.61 Å². The molecule has 4 heteroatoms. The van der Waals surface area contributed by atoms with Gasteiger partial charge in [-0.05, 0) is 12.5 Å². The summed E-state index contributed by atoms with van der Waals surface area (Å²) in [6.45, 7) is 2.06. The van der Waals surface area contributed by atoms with E-state index in [4.69, 9.17) is 4.74 Å². The summed E-state index contributed by atoms with van der Waals surface area (Å²) in [7, 11) is 0. The molecule has 0 bridgehead atoms. The molecule has 0 saturated heterocycles. The molecule has 0 spiro atoms. The van der Waals surface area contributed by atoms with Gasteiger partial charge in [-0.2, -0.15) is 4.99 Å². The molecule has 1 unspecified atom stereocenters. The lowest BCUT2D eigenvalue weighted by atomic mass is 10.0. The Morgan fingerprint density at radius 1 is 1.44 bits per heavy atom. The number of aliphatic imine (C=N–C) groups is 1. The van der Waals surface area contributed by atoms with Gasteiger partial charge in [0.25, 0.3) is 0 Å². The quantitative estimate of drug-likeness (QED) is 0.432. The first-order chi connectivity index (χ1) is 7.77. The largest absolute Gasteiger partial charge is 0.466 e. The monoisotopic (exact) mass is 219 g/mol. The molecule has 1 rings (SSSR count). The van der Waals surface area contributed by atoms with Crippen molar-refractivity contribution in [1.29, 1.82) is 0 Å². The molecule has 1 atom stereocenters. The van der Waals surface area contributed by atoms with Crippen LogP contribution in [-0.4, -0.2) is 18.7 Å². The molecule has 0 radical (unpaired) electrons. The third kappa shape index (κ3) is 3.67. The number of carbonyl (C=O) groups is 1. The van der Waals surface area contributed by atoms with Crippen molar-refractivity contribution in [2.45, 2.75) is 19.4 Å². The second-order valence-electron chi connectivity index (χ2n) is 3.16. The fourth-order valence-electron chi connectivity index (χ4n) is 1.35. The van der Waals surface area contributed by atoms with Gasteiger partial charge in [-0.1, -0.05) is 30.3 Å². The van der Waals surface area contributed by atoms with Crippen molar-refractivity contribution in [1.82, 2.24) is 0 Å². The molecule has 0 aliphatic heterocycles. The molecule has 0 fully saturated rings. The zero-order valence-electron chi connectivity index (χ0n) is 9.05. The Kier molecular flexibility index (Phi) is 4.96. The van der Waals surface area contributed by atoms with Gasteiger partial charge in [-0.3, -0.25) is 4.79 Å². The van der Waals surface area contributed by atoms with Gasteiger partial charge in [0.15, 0.2) is 0 Å². The fourth-order valence-corrected chi connectivity index (χ4v) is 1.35. The maximum Gasteiger partial charge on any atom is 0.308 e. The Bertz CT molecular complexity index is 383. The minimum absolute atomic E-state index is 0.0626. The van der Waals surface area contributed by atoms with Crippen molar-refractivity contribution >= 4 is 12.0 Å². The van der Waals surface area contributed by atoms with Gasteiger partial charge in [0, 0.05) is 0 Å². The molecule has 16 heavy (non-hydrogen) atoms. The Morgan fingerprint density at radius 2 is 2.12 bits per heavy atom. The summed E-state index contributed by atoms with van der Waals surface area (Å²) in [5.41, 5.74) is 0.805. The van der Waals surface area contributed by atoms with E-state index in [9.17, 15) is 9.59 Å². The average molecular weight is 219 g/mol. The van der Waals surface area contributed by atoms with E-state index >= 15 is 0 Å². The molecule has 0 aliphatic carbocycles. The molecule has 4 nitrogen and oxygen atoms in total. The smallest absolute Gasteiger partial charge is 0.308 e. The number of ether oxygens (including phenoxy) is 1. The third-order valence-electron chi connectivity index (χ3n) is 2.06. The van der Waals surface area contributed by atoms with E-state index < -0.39 is 6.04 Å². The van der Waals surface area contributed by atoms with Crippen LogP contribution in [0, 0.1) is 0 Å². The highest BCUT2D eigenvalue weighted by Gasteiger charge is 2.15. The minimum Gasteiger partial charge on any atom is -0.466 e. The molecule has 0 heterocycles. The average Bonchev–Trinajstić information content (AvgIpc) is 2.30. The highest BCUT2D eigenvalue weighted by atomic mass is 16.5. The number of rotatable bonds is 5. The summed E-state index contributed by atoms with van der Waals surface area (Å²) >= 11 is 0. The summed E-state index contributed by atoms with van der Waals surface area (Å²) in [5, 5.41) is 0. The van der Waals surface area contributed by atoms with Crippen molar-refractivity contribution in [3.8, 4) is 0 Å². The minimum atomic E-state index is -0.502. The van der Waals surface area contributed by atoms with E-state index in [1.807, 2.05) is 30.3 Å². The van der Waals surface area contributed by atoms with Crippen LogP contribution in [0.3, 0.4) is 0 Å². The number of carbonyl (C=O) groups excluding carboxylic acids is 2. The van der Waals surface area contributed by atoms with Crippen molar-refractivity contribution in [3.05, 3.63) is 35.9 Å². The molecule has 1 aromatic carbocycles. The number of esters is 1. The Hall–Kier alpha value is -1.93. The maximum atomic E-state index is 11.3. The van der Waals surface area contributed by atoms with Crippen LogP contribution in [0.1, 0.15) is 24.9 Å². The maximum absolute atomic E-state index is 11.3. The summed E-state index contributed by atoms with van der Waals surface area (Å²) in [4.78, 5) is 25.2. The molecule has 0 saturated carbocycles. The molecule has 84 valence electrons. The number of benzene rings is 1. The van der Waals surface area contributed by atoms with Gasteiger partial charge in [-0.25, -0.2) is 4.79 Å². The van der Waals surface area contributed by atoms with Gasteiger partial charge in [-0.15, -0.1) is 0 Å².